The van der Waals surface area contributed by atoms with Crippen LogP contribution in [0.3, 0.4) is 0 Å². The second-order valence-electron chi connectivity index (χ2n) is 11.5. The Morgan fingerprint density at radius 2 is 1.42 bits per heavy atom. The fraction of sp³-hybridized carbons (Fsp3) is 0.200. The van der Waals surface area contributed by atoms with E-state index in [0.29, 0.717) is 5.92 Å². The van der Waals surface area contributed by atoms with Crippen LogP contribution >= 0.6 is 0 Å². The Hall–Kier alpha value is -4.24. The van der Waals surface area contributed by atoms with Crippen molar-refractivity contribution in [2.45, 2.75) is 46.0 Å². The van der Waals surface area contributed by atoms with Crippen LogP contribution < -0.4 is 0 Å². The summed E-state index contributed by atoms with van der Waals surface area (Å²) in [6.45, 7) is 11.3. The highest BCUT2D eigenvalue weighted by atomic mass is 14.7. The number of aromatic amines is 1. The molecular formula is C35H33N3. The first-order chi connectivity index (χ1) is 18.3. The van der Waals surface area contributed by atoms with E-state index in [0.717, 1.165) is 44.8 Å². The third-order valence-electron chi connectivity index (χ3n) is 7.41. The standard InChI is InChI=1S/C35H33N3/c1-22(2)25-19-28-27-21-26(35(3,4)5)15-16-33(27)38-34(28)29(20-25)32-14-9-13-31(37-32)24-11-8-10-23(18-24)30-12-6-7-17-36-30/h6-22,38H,1-5H3. The van der Waals surface area contributed by atoms with Gasteiger partial charge in [-0.1, -0.05) is 71.0 Å². The van der Waals surface area contributed by atoms with E-state index in [2.05, 4.69) is 117 Å². The number of aromatic nitrogens is 3. The van der Waals surface area contributed by atoms with E-state index in [1.807, 2.05) is 24.4 Å². The zero-order chi connectivity index (χ0) is 26.4. The predicted molar refractivity (Wildman–Crippen MR) is 160 cm³/mol. The van der Waals surface area contributed by atoms with Crippen LogP contribution in [0.4, 0.5) is 0 Å². The quantitative estimate of drug-likeness (QED) is 0.264. The van der Waals surface area contributed by atoms with E-state index in [-0.39, 0.29) is 5.41 Å². The van der Waals surface area contributed by atoms with Crippen LogP contribution in [0.15, 0.2) is 97.2 Å². The Bertz CT molecular complexity index is 1770. The molecule has 3 nitrogen and oxygen atoms in total. The number of nitrogens with one attached hydrogen (secondary N) is 1. The van der Waals surface area contributed by atoms with Gasteiger partial charge in [-0.2, -0.15) is 0 Å². The van der Waals surface area contributed by atoms with E-state index in [9.17, 15) is 0 Å². The van der Waals surface area contributed by atoms with Gasteiger partial charge < -0.3 is 4.98 Å². The topological polar surface area (TPSA) is 41.6 Å². The van der Waals surface area contributed by atoms with Gasteiger partial charge in [0.25, 0.3) is 0 Å². The molecule has 6 rings (SSSR count). The highest BCUT2D eigenvalue weighted by molar-refractivity contribution is 6.12. The van der Waals surface area contributed by atoms with Crippen LogP contribution in [0, 0.1) is 0 Å². The van der Waals surface area contributed by atoms with Crippen molar-refractivity contribution in [3.8, 4) is 33.8 Å². The number of benzene rings is 3. The first-order valence-corrected chi connectivity index (χ1v) is 13.4. The minimum absolute atomic E-state index is 0.0932. The fourth-order valence-electron chi connectivity index (χ4n) is 5.14. The summed E-state index contributed by atoms with van der Waals surface area (Å²) >= 11 is 0. The monoisotopic (exact) mass is 495 g/mol. The molecule has 0 saturated heterocycles. The third-order valence-corrected chi connectivity index (χ3v) is 7.41. The van der Waals surface area contributed by atoms with Gasteiger partial charge in [0.1, 0.15) is 0 Å². The smallest absolute Gasteiger partial charge is 0.0730 e. The van der Waals surface area contributed by atoms with Crippen molar-refractivity contribution in [3.63, 3.8) is 0 Å². The number of hydrogen-bond acceptors (Lipinski definition) is 2. The molecule has 0 aliphatic carbocycles. The van der Waals surface area contributed by atoms with Gasteiger partial charge in [-0.25, -0.2) is 4.98 Å². The molecule has 0 aliphatic heterocycles. The molecule has 3 heteroatoms. The van der Waals surface area contributed by atoms with E-state index >= 15 is 0 Å². The van der Waals surface area contributed by atoms with Crippen molar-refractivity contribution in [3.05, 3.63) is 108 Å². The lowest BCUT2D eigenvalue weighted by Gasteiger charge is -2.19. The Morgan fingerprint density at radius 3 is 2.16 bits per heavy atom. The minimum Gasteiger partial charge on any atom is -0.354 e. The first kappa shape index (κ1) is 24.1. The summed E-state index contributed by atoms with van der Waals surface area (Å²) in [5.74, 6) is 0.409. The summed E-state index contributed by atoms with van der Waals surface area (Å²) in [5.41, 5.74) is 11.3. The molecule has 0 spiro atoms. The maximum absolute atomic E-state index is 5.19. The minimum atomic E-state index is 0.0932. The van der Waals surface area contributed by atoms with Crippen LogP contribution in [0.25, 0.3) is 55.6 Å². The molecule has 1 N–H and O–H groups in total. The molecule has 3 heterocycles. The number of nitrogens with zero attached hydrogens (tertiary/aromatic N) is 2. The first-order valence-electron chi connectivity index (χ1n) is 13.4. The number of hydrogen-bond donors (Lipinski definition) is 1. The second-order valence-corrected chi connectivity index (χ2v) is 11.5. The van der Waals surface area contributed by atoms with Gasteiger partial charge in [-0.15, -0.1) is 0 Å². The van der Waals surface area contributed by atoms with Gasteiger partial charge in [0.2, 0.25) is 0 Å². The van der Waals surface area contributed by atoms with Gasteiger partial charge >= 0.3 is 0 Å². The summed E-state index contributed by atoms with van der Waals surface area (Å²) < 4.78 is 0. The summed E-state index contributed by atoms with van der Waals surface area (Å²) in [7, 11) is 0. The van der Waals surface area contributed by atoms with E-state index in [4.69, 9.17) is 4.98 Å². The Balaban J connectivity index is 1.52. The fourth-order valence-corrected chi connectivity index (χ4v) is 5.14. The summed E-state index contributed by atoms with van der Waals surface area (Å²) in [6, 6.07) is 32.3. The molecule has 3 aromatic heterocycles. The number of rotatable bonds is 4. The van der Waals surface area contributed by atoms with Crippen molar-refractivity contribution < 1.29 is 0 Å². The second kappa shape index (κ2) is 9.25. The average molecular weight is 496 g/mol. The van der Waals surface area contributed by atoms with E-state index in [1.54, 1.807) is 0 Å². The number of fused-ring (bicyclic) bond motifs is 3. The lowest BCUT2D eigenvalue weighted by molar-refractivity contribution is 0.591. The molecule has 0 saturated carbocycles. The van der Waals surface area contributed by atoms with Crippen molar-refractivity contribution in [1.29, 1.82) is 0 Å². The largest absolute Gasteiger partial charge is 0.354 e. The van der Waals surface area contributed by atoms with Crippen molar-refractivity contribution in [2.24, 2.45) is 0 Å². The summed E-state index contributed by atoms with van der Waals surface area (Å²) in [5, 5.41) is 2.53. The van der Waals surface area contributed by atoms with Gasteiger partial charge in [0.15, 0.2) is 0 Å². The van der Waals surface area contributed by atoms with Crippen LogP contribution in [0.1, 0.15) is 51.7 Å². The molecule has 0 amide bonds. The molecule has 0 fully saturated rings. The van der Waals surface area contributed by atoms with E-state index in [1.165, 1.54) is 21.9 Å². The average Bonchev–Trinajstić information content (AvgIpc) is 3.31. The van der Waals surface area contributed by atoms with Crippen LogP contribution in [-0.4, -0.2) is 15.0 Å². The highest BCUT2D eigenvalue weighted by Gasteiger charge is 2.18. The van der Waals surface area contributed by atoms with Crippen molar-refractivity contribution in [1.82, 2.24) is 15.0 Å². The normalized spacial score (nSPS) is 12.1. The molecule has 0 atom stereocenters. The van der Waals surface area contributed by atoms with Gasteiger partial charge in [0.05, 0.1) is 22.6 Å². The van der Waals surface area contributed by atoms with Crippen LogP contribution in [0.5, 0.6) is 0 Å². The Morgan fingerprint density at radius 1 is 0.684 bits per heavy atom. The maximum atomic E-state index is 5.19. The maximum Gasteiger partial charge on any atom is 0.0730 e. The summed E-state index contributed by atoms with van der Waals surface area (Å²) in [4.78, 5) is 13.4. The third kappa shape index (κ3) is 4.39. The van der Waals surface area contributed by atoms with Gasteiger partial charge in [-0.3, -0.25) is 4.98 Å². The molecule has 0 aliphatic rings. The van der Waals surface area contributed by atoms with Gasteiger partial charge in [-0.05, 0) is 77.1 Å². The Kier molecular flexibility index (Phi) is 5.87. The molecule has 0 unspecified atom stereocenters. The molecule has 0 radical (unpaired) electrons. The Labute approximate surface area is 224 Å². The zero-order valence-corrected chi connectivity index (χ0v) is 22.7. The molecule has 188 valence electrons. The highest BCUT2D eigenvalue weighted by Crippen LogP contribution is 2.38. The number of H-pyrrole nitrogens is 1. The molecule has 38 heavy (non-hydrogen) atoms. The van der Waals surface area contributed by atoms with Crippen LogP contribution in [0.2, 0.25) is 0 Å². The molecule has 0 bridgehead atoms. The lowest BCUT2D eigenvalue weighted by atomic mass is 9.86. The van der Waals surface area contributed by atoms with E-state index < -0.39 is 0 Å². The van der Waals surface area contributed by atoms with Crippen LogP contribution in [-0.2, 0) is 5.41 Å². The number of pyridine rings is 2. The summed E-state index contributed by atoms with van der Waals surface area (Å²) in [6.07, 6.45) is 1.83. The van der Waals surface area contributed by atoms with Crippen molar-refractivity contribution in [2.75, 3.05) is 0 Å². The van der Waals surface area contributed by atoms with Gasteiger partial charge in [0, 0.05) is 39.2 Å². The van der Waals surface area contributed by atoms with Crippen molar-refractivity contribution >= 4 is 21.8 Å². The molecule has 6 aromatic rings. The SMILES string of the molecule is CC(C)c1cc(-c2cccc(-c3cccc(-c4ccccn4)c3)n2)c2[nH]c3ccc(C(C)(C)C)cc3c2c1. The molecular weight excluding hydrogens is 462 g/mol. The predicted octanol–water partition coefficient (Wildman–Crippen LogP) is 9.53. The zero-order valence-electron chi connectivity index (χ0n) is 22.7. The molecule has 3 aromatic carbocycles. The lowest BCUT2D eigenvalue weighted by Crippen LogP contribution is -2.10.